The Kier molecular flexibility index (Phi) is 4.20. The van der Waals surface area contributed by atoms with Crippen LogP contribution in [0.3, 0.4) is 0 Å². The van der Waals surface area contributed by atoms with Crippen molar-refractivity contribution in [2.24, 2.45) is 11.8 Å². The number of ketones is 1. The second-order valence-corrected chi connectivity index (χ2v) is 5.76. The van der Waals surface area contributed by atoms with Crippen LogP contribution in [0.25, 0.3) is 0 Å². The number of carbonyl (C=O) groups is 1. The lowest BCUT2D eigenvalue weighted by Crippen LogP contribution is -2.25. The Morgan fingerprint density at radius 2 is 2.28 bits per heavy atom. The summed E-state index contributed by atoms with van der Waals surface area (Å²) in [6.07, 6.45) is 7.56. The fourth-order valence-electron chi connectivity index (χ4n) is 3.03. The number of rotatable bonds is 4. The second kappa shape index (κ2) is 5.68. The number of Topliss-reactive ketones (excluding diaryl/α,β-unsaturated/α-hetero) is 1. The summed E-state index contributed by atoms with van der Waals surface area (Å²) in [5, 5.41) is 4.27. The molecule has 2 unspecified atom stereocenters. The van der Waals surface area contributed by atoms with E-state index in [1.807, 2.05) is 10.7 Å². The van der Waals surface area contributed by atoms with Crippen LogP contribution in [-0.2, 0) is 0 Å². The largest absolute Gasteiger partial charge is 0.292 e. The van der Waals surface area contributed by atoms with E-state index in [2.05, 4.69) is 25.9 Å². The number of hydrogen-bond donors (Lipinski definition) is 0. The molecule has 1 heterocycles. The zero-order chi connectivity index (χ0) is 13.1. The van der Waals surface area contributed by atoms with Gasteiger partial charge in [0.25, 0.3) is 0 Å². The van der Waals surface area contributed by atoms with Crippen molar-refractivity contribution in [2.75, 3.05) is 0 Å². The standard InChI is InChI=1S/C15H24N2O/c1-4-12-6-5-7-13(10-12)15(18)14-8-9-16-17(14)11(2)3/h8-9,11-13H,4-7,10H2,1-3H3. The van der Waals surface area contributed by atoms with Gasteiger partial charge < -0.3 is 0 Å². The quantitative estimate of drug-likeness (QED) is 0.758. The molecular formula is C15H24N2O. The minimum atomic E-state index is 0.220. The van der Waals surface area contributed by atoms with Gasteiger partial charge in [-0.1, -0.05) is 26.2 Å². The van der Waals surface area contributed by atoms with Crippen molar-refractivity contribution < 1.29 is 4.79 Å². The molecule has 0 aromatic carbocycles. The Morgan fingerprint density at radius 1 is 1.50 bits per heavy atom. The fraction of sp³-hybridized carbons (Fsp3) is 0.733. The van der Waals surface area contributed by atoms with Gasteiger partial charge in [0.1, 0.15) is 5.69 Å². The SMILES string of the molecule is CCC1CCCC(C(=O)c2ccnn2C(C)C)C1. The van der Waals surface area contributed by atoms with Crippen molar-refractivity contribution in [1.82, 2.24) is 9.78 Å². The minimum Gasteiger partial charge on any atom is -0.292 e. The molecule has 0 aliphatic heterocycles. The van der Waals surface area contributed by atoms with Gasteiger partial charge in [-0.15, -0.1) is 0 Å². The topological polar surface area (TPSA) is 34.9 Å². The van der Waals surface area contributed by atoms with E-state index in [0.29, 0.717) is 5.78 Å². The van der Waals surface area contributed by atoms with Crippen LogP contribution in [0, 0.1) is 11.8 Å². The Bertz CT molecular complexity index is 408. The summed E-state index contributed by atoms with van der Waals surface area (Å²) in [7, 11) is 0. The van der Waals surface area contributed by atoms with Crippen molar-refractivity contribution >= 4 is 5.78 Å². The number of hydrogen-bond acceptors (Lipinski definition) is 2. The molecule has 1 aromatic heterocycles. The summed E-state index contributed by atoms with van der Waals surface area (Å²) in [4.78, 5) is 12.6. The zero-order valence-electron chi connectivity index (χ0n) is 11.7. The maximum absolute atomic E-state index is 12.6. The summed E-state index contributed by atoms with van der Waals surface area (Å²) in [6.45, 7) is 6.37. The molecule has 0 N–H and O–H groups in total. The van der Waals surface area contributed by atoms with Crippen LogP contribution in [0.4, 0.5) is 0 Å². The second-order valence-electron chi connectivity index (χ2n) is 5.76. The molecule has 1 fully saturated rings. The smallest absolute Gasteiger partial charge is 0.183 e. The lowest BCUT2D eigenvalue weighted by Gasteiger charge is -2.27. The molecule has 1 aliphatic rings. The van der Waals surface area contributed by atoms with E-state index in [-0.39, 0.29) is 12.0 Å². The molecule has 3 nitrogen and oxygen atoms in total. The van der Waals surface area contributed by atoms with E-state index in [4.69, 9.17) is 0 Å². The summed E-state index contributed by atoms with van der Waals surface area (Å²) in [5.41, 5.74) is 0.798. The minimum absolute atomic E-state index is 0.220. The van der Waals surface area contributed by atoms with Crippen molar-refractivity contribution in [3.05, 3.63) is 18.0 Å². The Morgan fingerprint density at radius 3 is 2.94 bits per heavy atom. The number of aromatic nitrogens is 2. The maximum Gasteiger partial charge on any atom is 0.183 e. The lowest BCUT2D eigenvalue weighted by molar-refractivity contribution is 0.0848. The first kappa shape index (κ1) is 13.3. The molecule has 1 saturated carbocycles. The van der Waals surface area contributed by atoms with E-state index in [1.54, 1.807) is 6.20 Å². The highest BCUT2D eigenvalue weighted by Crippen LogP contribution is 2.33. The molecule has 100 valence electrons. The molecule has 0 spiro atoms. The van der Waals surface area contributed by atoms with Gasteiger partial charge in [-0.3, -0.25) is 9.48 Å². The summed E-state index contributed by atoms with van der Waals surface area (Å²) < 4.78 is 1.86. The fourth-order valence-corrected chi connectivity index (χ4v) is 3.03. The van der Waals surface area contributed by atoms with Crippen molar-refractivity contribution in [1.29, 1.82) is 0 Å². The van der Waals surface area contributed by atoms with Crippen LogP contribution < -0.4 is 0 Å². The molecular weight excluding hydrogens is 224 g/mol. The van der Waals surface area contributed by atoms with Gasteiger partial charge >= 0.3 is 0 Å². The van der Waals surface area contributed by atoms with Crippen molar-refractivity contribution in [3.63, 3.8) is 0 Å². The first-order chi connectivity index (χ1) is 8.63. The third-order valence-corrected chi connectivity index (χ3v) is 4.14. The van der Waals surface area contributed by atoms with Crippen LogP contribution in [0.1, 0.15) is 69.4 Å². The molecule has 0 bridgehead atoms. The van der Waals surface area contributed by atoms with E-state index in [0.717, 1.165) is 24.5 Å². The Balaban J connectivity index is 2.13. The molecule has 1 aromatic rings. The molecule has 1 aliphatic carbocycles. The van der Waals surface area contributed by atoms with Crippen LogP contribution in [0.15, 0.2) is 12.3 Å². The van der Waals surface area contributed by atoms with Gasteiger partial charge in [-0.05, 0) is 38.7 Å². The molecule has 2 rings (SSSR count). The van der Waals surface area contributed by atoms with Crippen molar-refractivity contribution in [2.45, 2.75) is 58.9 Å². The first-order valence-electron chi connectivity index (χ1n) is 7.21. The van der Waals surface area contributed by atoms with Crippen LogP contribution in [0.5, 0.6) is 0 Å². The van der Waals surface area contributed by atoms with E-state index >= 15 is 0 Å². The Labute approximate surface area is 110 Å². The molecule has 0 radical (unpaired) electrons. The highest BCUT2D eigenvalue weighted by molar-refractivity contribution is 5.96. The van der Waals surface area contributed by atoms with Crippen LogP contribution >= 0.6 is 0 Å². The summed E-state index contributed by atoms with van der Waals surface area (Å²) in [6, 6.07) is 2.13. The van der Waals surface area contributed by atoms with E-state index in [1.165, 1.54) is 19.3 Å². The third kappa shape index (κ3) is 2.65. The van der Waals surface area contributed by atoms with Gasteiger partial charge in [-0.25, -0.2) is 0 Å². The monoisotopic (exact) mass is 248 g/mol. The first-order valence-corrected chi connectivity index (χ1v) is 7.21. The van der Waals surface area contributed by atoms with E-state index < -0.39 is 0 Å². The predicted octanol–water partition coefficient (Wildman–Crippen LogP) is 3.86. The van der Waals surface area contributed by atoms with Gasteiger partial charge in [-0.2, -0.15) is 5.10 Å². The van der Waals surface area contributed by atoms with Gasteiger partial charge in [0.15, 0.2) is 5.78 Å². The van der Waals surface area contributed by atoms with Crippen LogP contribution in [-0.4, -0.2) is 15.6 Å². The maximum atomic E-state index is 12.6. The van der Waals surface area contributed by atoms with Gasteiger partial charge in [0.05, 0.1) is 0 Å². The Hall–Kier alpha value is -1.12. The summed E-state index contributed by atoms with van der Waals surface area (Å²) in [5.74, 6) is 1.26. The van der Waals surface area contributed by atoms with Gasteiger partial charge in [0.2, 0.25) is 0 Å². The number of carbonyl (C=O) groups excluding carboxylic acids is 1. The highest BCUT2D eigenvalue weighted by atomic mass is 16.1. The highest BCUT2D eigenvalue weighted by Gasteiger charge is 2.29. The van der Waals surface area contributed by atoms with Gasteiger partial charge in [0, 0.05) is 18.2 Å². The molecule has 3 heteroatoms. The average Bonchev–Trinajstić information content (AvgIpc) is 2.87. The van der Waals surface area contributed by atoms with Crippen molar-refractivity contribution in [3.8, 4) is 0 Å². The molecule has 2 atom stereocenters. The third-order valence-electron chi connectivity index (χ3n) is 4.14. The molecule has 0 amide bonds. The van der Waals surface area contributed by atoms with Crippen LogP contribution in [0.2, 0.25) is 0 Å². The van der Waals surface area contributed by atoms with E-state index in [9.17, 15) is 4.79 Å². The number of nitrogens with zero attached hydrogens (tertiary/aromatic N) is 2. The lowest BCUT2D eigenvalue weighted by atomic mass is 9.77. The molecule has 18 heavy (non-hydrogen) atoms. The normalized spacial score (nSPS) is 24.4. The predicted molar refractivity (Wildman–Crippen MR) is 72.7 cm³/mol. The zero-order valence-corrected chi connectivity index (χ0v) is 11.7. The molecule has 0 saturated heterocycles. The summed E-state index contributed by atoms with van der Waals surface area (Å²) >= 11 is 0. The average molecular weight is 248 g/mol.